The number of hydrogen-bond acceptors (Lipinski definition) is 4. The van der Waals surface area contributed by atoms with Gasteiger partial charge < -0.3 is 10.2 Å². The molecule has 2 aliphatic rings. The van der Waals surface area contributed by atoms with Crippen LogP contribution in [-0.4, -0.2) is 61.4 Å². The van der Waals surface area contributed by atoms with Gasteiger partial charge in [0.05, 0.1) is 18.8 Å². The zero-order chi connectivity index (χ0) is 19.6. The van der Waals surface area contributed by atoms with Gasteiger partial charge in [-0.25, -0.2) is 8.42 Å². The minimum Gasteiger partial charge on any atom is -0.350 e. The molecule has 1 N–H and O–H groups in total. The number of amides is 2. The molecule has 0 aromatic heterocycles. The molecule has 2 amide bonds. The van der Waals surface area contributed by atoms with Crippen molar-refractivity contribution < 1.29 is 18.0 Å². The van der Waals surface area contributed by atoms with Gasteiger partial charge in [0, 0.05) is 31.1 Å². The normalized spacial score (nSPS) is 23.8. The summed E-state index contributed by atoms with van der Waals surface area (Å²) in [5.41, 5.74) is 0.803. The highest BCUT2D eigenvalue weighted by Crippen LogP contribution is 2.31. The first kappa shape index (κ1) is 20.1. The monoisotopic (exact) mass is 413 g/mol. The average Bonchev–Trinajstić information content (AvgIpc) is 2.97. The Morgan fingerprint density at radius 3 is 2.74 bits per heavy atom. The van der Waals surface area contributed by atoms with E-state index in [0.29, 0.717) is 18.0 Å². The van der Waals surface area contributed by atoms with Crippen LogP contribution in [0.15, 0.2) is 24.3 Å². The highest BCUT2D eigenvalue weighted by molar-refractivity contribution is 7.88. The van der Waals surface area contributed by atoms with E-state index in [1.807, 2.05) is 18.2 Å². The number of nitrogens with zero attached hydrogens (tertiary/aromatic N) is 2. The molecule has 0 bridgehead atoms. The van der Waals surface area contributed by atoms with E-state index < -0.39 is 10.0 Å². The van der Waals surface area contributed by atoms with Gasteiger partial charge >= 0.3 is 0 Å². The number of hydrogen-bond donors (Lipinski definition) is 1. The van der Waals surface area contributed by atoms with Crippen molar-refractivity contribution in [3.05, 3.63) is 34.9 Å². The van der Waals surface area contributed by atoms with Crippen LogP contribution < -0.4 is 5.32 Å². The van der Waals surface area contributed by atoms with Crippen LogP contribution in [0, 0.1) is 5.92 Å². The number of carbonyl (C=O) groups excluding carboxylic acids is 2. The Balaban J connectivity index is 1.66. The third-order valence-electron chi connectivity index (χ3n) is 5.28. The predicted octanol–water partition coefficient (Wildman–Crippen LogP) is 1.23. The number of sulfonamides is 1. The Morgan fingerprint density at radius 1 is 1.30 bits per heavy atom. The highest BCUT2D eigenvalue weighted by Gasteiger charge is 2.43. The van der Waals surface area contributed by atoms with Crippen molar-refractivity contribution in [3.63, 3.8) is 0 Å². The molecular weight excluding hydrogens is 390 g/mol. The Hall–Kier alpha value is -1.64. The van der Waals surface area contributed by atoms with Crippen LogP contribution in [0.2, 0.25) is 5.02 Å². The van der Waals surface area contributed by atoms with E-state index in [9.17, 15) is 18.0 Å². The number of halogens is 1. The van der Waals surface area contributed by atoms with Crippen LogP contribution in [0.3, 0.4) is 0 Å². The van der Waals surface area contributed by atoms with Gasteiger partial charge in [0.1, 0.15) is 0 Å². The number of nitrogens with one attached hydrogen (secondary N) is 1. The van der Waals surface area contributed by atoms with Crippen molar-refractivity contribution in [2.45, 2.75) is 31.8 Å². The van der Waals surface area contributed by atoms with Crippen LogP contribution >= 0.6 is 11.6 Å². The van der Waals surface area contributed by atoms with E-state index in [4.69, 9.17) is 11.6 Å². The summed E-state index contributed by atoms with van der Waals surface area (Å²) in [5.74, 6) is -0.296. The smallest absolute Gasteiger partial charge is 0.239 e. The van der Waals surface area contributed by atoms with Crippen LogP contribution in [-0.2, 0) is 26.2 Å². The van der Waals surface area contributed by atoms with Gasteiger partial charge in [-0.15, -0.1) is 0 Å². The van der Waals surface area contributed by atoms with Crippen molar-refractivity contribution >= 4 is 33.4 Å². The average molecular weight is 414 g/mol. The van der Waals surface area contributed by atoms with E-state index in [-0.39, 0.29) is 43.4 Å². The highest BCUT2D eigenvalue weighted by atomic mass is 35.5. The van der Waals surface area contributed by atoms with Gasteiger partial charge in [0.25, 0.3) is 0 Å². The van der Waals surface area contributed by atoms with E-state index in [1.165, 1.54) is 10.6 Å². The summed E-state index contributed by atoms with van der Waals surface area (Å²) >= 11 is 6.10. The summed E-state index contributed by atoms with van der Waals surface area (Å²) in [6, 6.07) is 6.99. The summed E-state index contributed by atoms with van der Waals surface area (Å²) in [6.07, 6.45) is 3.08. The van der Waals surface area contributed by atoms with Crippen LogP contribution in [0.4, 0.5) is 0 Å². The summed E-state index contributed by atoms with van der Waals surface area (Å²) in [6.45, 7) is 0.883. The maximum atomic E-state index is 12.5. The van der Waals surface area contributed by atoms with E-state index in [1.54, 1.807) is 11.0 Å². The number of benzene rings is 1. The summed E-state index contributed by atoms with van der Waals surface area (Å²) in [4.78, 5) is 26.5. The Bertz CT molecular complexity index is 830. The zero-order valence-electron chi connectivity index (χ0n) is 15.2. The second-order valence-electron chi connectivity index (χ2n) is 7.19. The van der Waals surface area contributed by atoms with Gasteiger partial charge in [-0.1, -0.05) is 29.8 Å². The largest absolute Gasteiger partial charge is 0.350 e. The molecule has 0 radical (unpaired) electrons. The Labute approximate surface area is 164 Å². The van der Waals surface area contributed by atoms with Gasteiger partial charge in [-0.3, -0.25) is 9.59 Å². The first-order valence-electron chi connectivity index (χ1n) is 9.00. The predicted molar refractivity (Wildman–Crippen MR) is 103 cm³/mol. The standard InChI is InChI=1S/C18H24ClN3O4S/c1-27(25,26)21-10-14-6-4-8-18(24)22(16(14)11-21)12-17(23)20-9-13-5-2-3-7-15(13)19/h2-3,5,7,14,16H,4,6,8-12H2,1H3,(H,20,23)/t14-,16+/m1/s1. The van der Waals surface area contributed by atoms with Crippen molar-refractivity contribution in [1.29, 1.82) is 0 Å². The van der Waals surface area contributed by atoms with E-state index >= 15 is 0 Å². The topological polar surface area (TPSA) is 86.8 Å². The molecule has 0 saturated carbocycles. The maximum Gasteiger partial charge on any atom is 0.239 e. The molecule has 2 heterocycles. The first-order valence-corrected chi connectivity index (χ1v) is 11.2. The SMILES string of the molecule is CS(=O)(=O)N1C[C@H]2CCCC(=O)N(CC(=O)NCc3ccccc3Cl)[C@H]2C1. The molecular formula is C18H24ClN3O4S. The lowest BCUT2D eigenvalue weighted by Gasteiger charge is -2.29. The third kappa shape index (κ3) is 4.80. The fraction of sp³-hybridized carbons (Fsp3) is 0.556. The van der Waals surface area contributed by atoms with Crippen LogP contribution in [0.25, 0.3) is 0 Å². The lowest BCUT2D eigenvalue weighted by Crippen LogP contribution is -2.48. The lowest BCUT2D eigenvalue weighted by molar-refractivity contribution is -0.138. The first-order chi connectivity index (χ1) is 12.8. The van der Waals surface area contributed by atoms with Crippen molar-refractivity contribution in [2.75, 3.05) is 25.9 Å². The van der Waals surface area contributed by atoms with E-state index in [2.05, 4.69) is 5.32 Å². The fourth-order valence-electron chi connectivity index (χ4n) is 3.82. The molecule has 9 heteroatoms. The fourth-order valence-corrected chi connectivity index (χ4v) is 4.91. The number of likely N-dealkylation sites (tertiary alicyclic amines) is 1. The van der Waals surface area contributed by atoms with Crippen LogP contribution in [0.1, 0.15) is 24.8 Å². The van der Waals surface area contributed by atoms with Crippen molar-refractivity contribution in [3.8, 4) is 0 Å². The molecule has 0 aliphatic carbocycles. The molecule has 7 nitrogen and oxygen atoms in total. The minimum atomic E-state index is -3.31. The quantitative estimate of drug-likeness (QED) is 0.786. The molecule has 148 valence electrons. The Morgan fingerprint density at radius 2 is 2.04 bits per heavy atom. The summed E-state index contributed by atoms with van der Waals surface area (Å²) in [7, 11) is -3.31. The third-order valence-corrected chi connectivity index (χ3v) is 6.88. The molecule has 3 rings (SSSR count). The molecule has 2 fully saturated rings. The Kier molecular flexibility index (Phi) is 6.08. The number of rotatable bonds is 5. The maximum absolute atomic E-state index is 12.5. The lowest BCUT2D eigenvalue weighted by atomic mass is 9.98. The molecule has 0 unspecified atom stereocenters. The van der Waals surface area contributed by atoms with Crippen molar-refractivity contribution in [1.82, 2.24) is 14.5 Å². The number of fused-ring (bicyclic) bond motifs is 1. The second kappa shape index (κ2) is 8.16. The zero-order valence-corrected chi connectivity index (χ0v) is 16.8. The molecule has 2 atom stereocenters. The molecule has 1 aromatic rings. The molecule has 1 aromatic carbocycles. The summed E-state index contributed by atoms with van der Waals surface area (Å²) in [5, 5.41) is 3.37. The van der Waals surface area contributed by atoms with Crippen LogP contribution in [0.5, 0.6) is 0 Å². The van der Waals surface area contributed by atoms with Gasteiger partial charge in [-0.2, -0.15) is 4.31 Å². The number of carbonyl (C=O) groups is 2. The molecule has 2 aliphatic heterocycles. The molecule has 27 heavy (non-hydrogen) atoms. The molecule has 2 saturated heterocycles. The second-order valence-corrected chi connectivity index (χ2v) is 9.58. The van der Waals surface area contributed by atoms with Crippen molar-refractivity contribution in [2.24, 2.45) is 5.92 Å². The summed E-state index contributed by atoms with van der Waals surface area (Å²) < 4.78 is 25.2. The van der Waals surface area contributed by atoms with Gasteiger partial charge in [-0.05, 0) is 30.4 Å². The minimum absolute atomic E-state index is 0.0674. The van der Waals surface area contributed by atoms with E-state index in [0.717, 1.165) is 18.4 Å². The molecule has 0 spiro atoms. The van der Waals surface area contributed by atoms with Gasteiger partial charge in [0.15, 0.2) is 0 Å². The van der Waals surface area contributed by atoms with Gasteiger partial charge in [0.2, 0.25) is 21.8 Å².